The van der Waals surface area contributed by atoms with Gasteiger partial charge in [-0.3, -0.25) is 4.99 Å². The predicted molar refractivity (Wildman–Crippen MR) is 112 cm³/mol. The molecular weight excluding hydrogens is 336 g/mol. The average Bonchev–Trinajstić information content (AvgIpc) is 3.35. The van der Waals surface area contributed by atoms with Crippen molar-refractivity contribution in [3.63, 3.8) is 0 Å². The SMILES string of the molecule is CN=C(NCC1CCN(c2ccccc2OC)C1)N1CC2CCCCC2C1. The predicted octanol–water partition coefficient (Wildman–Crippen LogP) is 3.22. The molecule has 1 aromatic rings. The molecule has 1 saturated carbocycles. The third kappa shape index (κ3) is 4.02. The van der Waals surface area contributed by atoms with Crippen molar-refractivity contribution in [2.24, 2.45) is 22.7 Å². The number of anilines is 1. The molecule has 1 N–H and O–H groups in total. The van der Waals surface area contributed by atoms with Crippen LogP contribution in [0.15, 0.2) is 29.3 Å². The molecule has 5 heteroatoms. The number of benzene rings is 1. The Morgan fingerprint density at radius 1 is 1.11 bits per heavy atom. The molecule has 1 aromatic carbocycles. The number of nitrogens with zero attached hydrogens (tertiary/aromatic N) is 3. The summed E-state index contributed by atoms with van der Waals surface area (Å²) < 4.78 is 5.54. The highest BCUT2D eigenvalue weighted by atomic mass is 16.5. The maximum atomic E-state index is 5.54. The minimum atomic E-state index is 0.650. The molecule has 3 atom stereocenters. The molecule has 148 valence electrons. The molecule has 0 amide bonds. The summed E-state index contributed by atoms with van der Waals surface area (Å²) in [6.07, 6.45) is 6.88. The lowest BCUT2D eigenvalue weighted by Crippen LogP contribution is -2.42. The zero-order valence-electron chi connectivity index (χ0n) is 16.9. The average molecular weight is 371 g/mol. The van der Waals surface area contributed by atoms with Gasteiger partial charge in [0.2, 0.25) is 0 Å². The lowest BCUT2D eigenvalue weighted by atomic mass is 9.82. The molecule has 3 unspecified atom stereocenters. The number of ether oxygens (including phenoxy) is 1. The Bertz CT molecular complexity index is 647. The van der Waals surface area contributed by atoms with Gasteiger partial charge in [-0.05, 0) is 49.1 Å². The maximum absolute atomic E-state index is 5.54. The number of para-hydroxylation sites is 2. The Kier molecular flexibility index (Phi) is 5.74. The Morgan fingerprint density at radius 3 is 2.56 bits per heavy atom. The first-order chi connectivity index (χ1) is 13.3. The minimum absolute atomic E-state index is 0.650. The van der Waals surface area contributed by atoms with Crippen molar-refractivity contribution >= 4 is 11.6 Å². The van der Waals surface area contributed by atoms with Crippen molar-refractivity contribution in [2.45, 2.75) is 32.1 Å². The van der Waals surface area contributed by atoms with E-state index in [2.05, 4.69) is 38.3 Å². The number of fused-ring (bicyclic) bond motifs is 1. The Balaban J connectivity index is 1.30. The van der Waals surface area contributed by atoms with Gasteiger partial charge in [-0.15, -0.1) is 0 Å². The van der Waals surface area contributed by atoms with Gasteiger partial charge in [0.05, 0.1) is 12.8 Å². The van der Waals surface area contributed by atoms with Crippen molar-refractivity contribution in [3.05, 3.63) is 24.3 Å². The van der Waals surface area contributed by atoms with E-state index in [-0.39, 0.29) is 0 Å². The number of methoxy groups -OCH3 is 1. The van der Waals surface area contributed by atoms with Crippen LogP contribution in [-0.4, -0.2) is 57.7 Å². The molecule has 2 aliphatic heterocycles. The number of aliphatic imine (C=N–C) groups is 1. The largest absolute Gasteiger partial charge is 0.495 e. The van der Waals surface area contributed by atoms with Gasteiger partial charge in [0.25, 0.3) is 0 Å². The van der Waals surface area contributed by atoms with E-state index in [1.54, 1.807) is 7.11 Å². The summed E-state index contributed by atoms with van der Waals surface area (Å²) in [5.41, 5.74) is 1.22. The zero-order chi connectivity index (χ0) is 18.6. The lowest BCUT2D eigenvalue weighted by molar-refractivity contribution is 0.299. The lowest BCUT2D eigenvalue weighted by Gasteiger charge is -2.24. The zero-order valence-corrected chi connectivity index (χ0v) is 16.9. The van der Waals surface area contributed by atoms with E-state index in [0.717, 1.165) is 43.2 Å². The van der Waals surface area contributed by atoms with Crippen LogP contribution >= 0.6 is 0 Å². The van der Waals surface area contributed by atoms with Gasteiger partial charge in [-0.2, -0.15) is 0 Å². The summed E-state index contributed by atoms with van der Waals surface area (Å²) in [6, 6.07) is 8.35. The summed E-state index contributed by atoms with van der Waals surface area (Å²) >= 11 is 0. The van der Waals surface area contributed by atoms with E-state index in [4.69, 9.17) is 4.74 Å². The molecule has 3 aliphatic rings. The Labute approximate surface area is 163 Å². The number of hydrogen-bond acceptors (Lipinski definition) is 3. The highest BCUT2D eigenvalue weighted by molar-refractivity contribution is 5.80. The second-order valence-corrected chi connectivity index (χ2v) is 8.41. The molecule has 1 aliphatic carbocycles. The molecule has 0 bridgehead atoms. The summed E-state index contributed by atoms with van der Waals surface area (Å²) in [6.45, 7) is 5.57. The first kappa shape index (κ1) is 18.5. The molecular formula is C22H34N4O. The van der Waals surface area contributed by atoms with Crippen LogP contribution in [0.3, 0.4) is 0 Å². The first-order valence-corrected chi connectivity index (χ1v) is 10.6. The summed E-state index contributed by atoms with van der Waals surface area (Å²) in [4.78, 5) is 9.56. The fraction of sp³-hybridized carbons (Fsp3) is 0.682. The van der Waals surface area contributed by atoms with E-state index in [9.17, 15) is 0 Å². The van der Waals surface area contributed by atoms with Crippen LogP contribution in [0.1, 0.15) is 32.1 Å². The third-order valence-corrected chi connectivity index (χ3v) is 6.75. The van der Waals surface area contributed by atoms with Gasteiger partial charge >= 0.3 is 0 Å². The van der Waals surface area contributed by atoms with Crippen LogP contribution in [0, 0.1) is 17.8 Å². The van der Waals surface area contributed by atoms with E-state index < -0.39 is 0 Å². The van der Waals surface area contributed by atoms with Gasteiger partial charge in [0.15, 0.2) is 5.96 Å². The van der Waals surface area contributed by atoms with E-state index in [0.29, 0.717) is 5.92 Å². The third-order valence-electron chi connectivity index (χ3n) is 6.75. The second-order valence-electron chi connectivity index (χ2n) is 8.41. The Morgan fingerprint density at radius 2 is 1.85 bits per heavy atom. The van der Waals surface area contributed by atoms with E-state index in [1.165, 1.54) is 50.9 Å². The number of hydrogen-bond donors (Lipinski definition) is 1. The van der Waals surface area contributed by atoms with Gasteiger partial charge < -0.3 is 19.9 Å². The summed E-state index contributed by atoms with van der Waals surface area (Å²) in [5.74, 6) is 4.52. The van der Waals surface area contributed by atoms with Crippen molar-refractivity contribution in [2.75, 3.05) is 51.8 Å². The summed E-state index contributed by atoms with van der Waals surface area (Å²) in [5, 5.41) is 3.68. The number of guanidine groups is 1. The maximum Gasteiger partial charge on any atom is 0.193 e. The minimum Gasteiger partial charge on any atom is -0.495 e. The highest BCUT2D eigenvalue weighted by Crippen LogP contribution is 2.36. The van der Waals surface area contributed by atoms with Crippen LogP contribution in [-0.2, 0) is 0 Å². The molecule has 0 spiro atoms. The first-order valence-electron chi connectivity index (χ1n) is 10.6. The van der Waals surface area contributed by atoms with Crippen LogP contribution in [0.4, 0.5) is 5.69 Å². The molecule has 27 heavy (non-hydrogen) atoms. The highest BCUT2D eigenvalue weighted by Gasteiger charge is 2.35. The van der Waals surface area contributed by atoms with Crippen molar-refractivity contribution < 1.29 is 4.74 Å². The standard InChI is InChI=1S/C22H34N4O/c1-23-22(26-15-18-7-3-4-8-19(18)16-26)24-13-17-11-12-25(14-17)20-9-5-6-10-21(20)27-2/h5-6,9-10,17-19H,3-4,7-8,11-16H2,1-2H3,(H,23,24). The van der Waals surface area contributed by atoms with Gasteiger partial charge in [0, 0.05) is 39.8 Å². The van der Waals surface area contributed by atoms with Crippen LogP contribution in [0.25, 0.3) is 0 Å². The quantitative estimate of drug-likeness (QED) is 0.653. The monoisotopic (exact) mass is 370 g/mol. The number of likely N-dealkylation sites (tertiary alicyclic amines) is 1. The van der Waals surface area contributed by atoms with Gasteiger partial charge in [-0.1, -0.05) is 25.0 Å². The normalized spacial score (nSPS) is 28.4. The molecule has 4 rings (SSSR count). The van der Waals surface area contributed by atoms with Gasteiger partial charge in [0.1, 0.15) is 5.75 Å². The molecule has 3 fully saturated rings. The van der Waals surface area contributed by atoms with Crippen molar-refractivity contribution in [1.29, 1.82) is 0 Å². The smallest absolute Gasteiger partial charge is 0.193 e. The number of rotatable bonds is 4. The van der Waals surface area contributed by atoms with Crippen LogP contribution < -0.4 is 15.0 Å². The van der Waals surface area contributed by atoms with Crippen molar-refractivity contribution in [1.82, 2.24) is 10.2 Å². The van der Waals surface area contributed by atoms with Crippen LogP contribution in [0.2, 0.25) is 0 Å². The van der Waals surface area contributed by atoms with E-state index >= 15 is 0 Å². The molecule has 0 radical (unpaired) electrons. The molecule has 2 heterocycles. The van der Waals surface area contributed by atoms with E-state index in [1.807, 2.05) is 13.1 Å². The molecule has 2 saturated heterocycles. The molecule has 0 aromatic heterocycles. The topological polar surface area (TPSA) is 40.1 Å². The fourth-order valence-corrected chi connectivity index (χ4v) is 5.26. The number of nitrogens with one attached hydrogen (secondary N) is 1. The van der Waals surface area contributed by atoms with Crippen molar-refractivity contribution in [3.8, 4) is 5.75 Å². The van der Waals surface area contributed by atoms with Gasteiger partial charge in [-0.25, -0.2) is 0 Å². The molecule has 5 nitrogen and oxygen atoms in total. The van der Waals surface area contributed by atoms with Crippen LogP contribution in [0.5, 0.6) is 5.75 Å². The fourth-order valence-electron chi connectivity index (χ4n) is 5.26. The summed E-state index contributed by atoms with van der Waals surface area (Å²) in [7, 11) is 3.69. The Hall–Kier alpha value is -1.91. The second kappa shape index (κ2) is 8.41.